The summed E-state index contributed by atoms with van der Waals surface area (Å²) in [6.45, 7) is 0.791. The second-order valence-corrected chi connectivity index (χ2v) is 4.52. The molecule has 0 aromatic heterocycles. The molecule has 5 nitrogen and oxygen atoms in total. The van der Waals surface area contributed by atoms with Gasteiger partial charge in [-0.1, -0.05) is 0 Å². The van der Waals surface area contributed by atoms with Crippen LogP contribution in [0.3, 0.4) is 0 Å². The lowest BCUT2D eigenvalue weighted by Gasteiger charge is -2.20. The lowest BCUT2D eigenvalue weighted by Crippen LogP contribution is -2.21. The largest absolute Gasteiger partial charge is 0.373 e. The smallest absolute Gasteiger partial charge is 0.270 e. The maximum absolute atomic E-state index is 10.9. The summed E-state index contributed by atoms with van der Waals surface area (Å²) in [5, 5.41) is 10.6. The Bertz CT molecular complexity index is 423. The molecule has 0 bridgehead atoms. The van der Waals surface area contributed by atoms with Gasteiger partial charge in [-0.15, -0.1) is 0 Å². The van der Waals surface area contributed by atoms with Crippen LogP contribution in [0.2, 0.25) is 0 Å². The van der Waals surface area contributed by atoms with Gasteiger partial charge in [0.2, 0.25) is 0 Å². The molecular weight excluding hydrogens is 240 g/mol. The topological polar surface area (TPSA) is 63.4 Å². The van der Waals surface area contributed by atoms with Crippen molar-refractivity contribution < 1.29 is 9.72 Å². The second kappa shape index (κ2) is 6.24. The van der Waals surface area contributed by atoms with Crippen molar-refractivity contribution in [1.82, 2.24) is 0 Å². The quantitative estimate of drug-likeness (QED) is 0.442. The zero-order valence-corrected chi connectivity index (χ0v) is 10.6. The summed E-state index contributed by atoms with van der Waals surface area (Å²) < 4.78 is 0. The maximum atomic E-state index is 10.9. The fourth-order valence-corrected chi connectivity index (χ4v) is 1.90. The van der Waals surface area contributed by atoms with Crippen molar-refractivity contribution in [3.8, 4) is 0 Å². The van der Waals surface area contributed by atoms with Crippen LogP contribution in [0.5, 0.6) is 0 Å². The minimum Gasteiger partial charge on any atom is -0.373 e. The molecule has 0 atom stereocenters. The van der Waals surface area contributed by atoms with Gasteiger partial charge in [-0.05, 0) is 12.3 Å². The summed E-state index contributed by atoms with van der Waals surface area (Å²) in [5.41, 5.74) is 1.01. The lowest BCUT2D eigenvalue weighted by molar-refractivity contribution is -0.384. The number of nitrogens with zero attached hydrogens (tertiary/aromatic N) is 2. The Kier molecular flexibility index (Phi) is 4.96. The number of aldehydes is 1. The van der Waals surface area contributed by atoms with E-state index < -0.39 is 4.92 Å². The molecule has 0 aliphatic rings. The highest BCUT2D eigenvalue weighted by Crippen LogP contribution is 2.23. The number of nitro groups is 1. The first-order valence-corrected chi connectivity index (χ1v) is 6.43. The Labute approximate surface area is 104 Å². The molecule has 0 saturated heterocycles. The van der Waals surface area contributed by atoms with E-state index in [1.54, 1.807) is 17.8 Å². The second-order valence-electron chi connectivity index (χ2n) is 3.53. The molecule has 0 aliphatic carbocycles. The van der Waals surface area contributed by atoms with Gasteiger partial charge in [0.05, 0.1) is 4.92 Å². The molecular formula is C11H14N2O3S. The Morgan fingerprint density at radius 1 is 1.53 bits per heavy atom. The lowest BCUT2D eigenvalue weighted by atomic mass is 10.1. The van der Waals surface area contributed by atoms with Crippen molar-refractivity contribution in [2.75, 3.05) is 30.5 Å². The van der Waals surface area contributed by atoms with E-state index in [1.165, 1.54) is 12.1 Å². The average Bonchev–Trinajstić information content (AvgIpc) is 2.34. The van der Waals surface area contributed by atoms with E-state index >= 15 is 0 Å². The first-order chi connectivity index (χ1) is 8.10. The Hall–Kier alpha value is -1.56. The summed E-state index contributed by atoms with van der Waals surface area (Å²) in [6, 6.07) is 4.33. The highest BCUT2D eigenvalue weighted by molar-refractivity contribution is 7.98. The molecule has 0 saturated carbocycles. The third-order valence-electron chi connectivity index (χ3n) is 2.39. The number of carbonyl (C=O) groups is 1. The number of nitro benzene ring substituents is 1. The van der Waals surface area contributed by atoms with E-state index in [-0.39, 0.29) is 5.69 Å². The van der Waals surface area contributed by atoms with Gasteiger partial charge in [0.15, 0.2) is 6.29 Å². The highest BCUT2D eigenvalue weighted by Gasteiger charge is 2.12. The van der Waals surface area contributed by atoms with Gasteiger partial charge in [0, 0.05) is 42.7 Å². The zero-order valence-electron chi connectivity index (χ0n) is 9.75. The van der Waals surface area contributed by atoms with Crippen LogP contribution in [-0.4, -0.2) is 36.8 Å². The van der Waals surface area contributed by atoms with Crippen LogP contribution >= 0.6 is 11.8 Å². The van der Waals surface area contributed by atoms with Crippen molar-refractivity contribution >= 4 is 29.4 Å². The Morgan fingerprint density at radius 2 is 2.24 bits per heavy atom. The van der Waals surface area contributed by atoms with Gasteiger partial charge in [-0.3, -0.25) is 14.9 Å². The fraction of sp³-hybridized carbons (Fsp3) is 0.364. The molecule has 0 N–H and O–H groups in total. The van der Waals surface area contributed by atoms with Crippen LogP contribution < -0.4 is 4.90 Å². The molecule has 92 valence electrons. The maximum Gasteiger partial charge on any atom is 0.270 e. The number of benzene rings is 1. The number of hydrogen-bond acceptors (Lipinski definition) is 5. The molecule has 0 unspecified atom stereocenters. The van der Waals surface area contributed by atoms with Crippen LogP contribution in [0.25, 0.3) is 0 Å². The molecule has 0 spiro atoms. The van der Waals surface area contributed by atoms with Crippen molar-refractivity contribution in [3.63, 3.8) is 0 Å². The fourth-order valence-electron chi connectivity index (χ4n) is 1.45. The number of anilines is 1. The number of thioether (sulfide) groups is 1. The van der Waals surface area contributed by atoms with E-state index in [9.17, 15) is 14.9 Å². The van der Waals surface area contributed by atoms with Crippen LogP contribution in [0.4, 0.5) is 11.4 Å². The van der Waals surface area contributed by atoms with Gasteiger partial charge < -0.3 is 4.90 Å². The third kappa shape index (κ3) is 3.45. The predicted molar refractivity (Wildman–Crippen MR) is 70.1 cm³/mol. The summed E-state index contributed by atoms with van der Waals surface area (Å²) in [7, 11) is 1.87. The SMILES string of the molecule is CSCCN(C)c1ccc([N+](=O)[O-])cc1C=O. The van der Waals surface area contributed by atoms with E-state index in [2.05, 4.69) is 0 Å². The van der Waals surface area contributed by atoms with Crippen molar-refractivity contribution in [2.45, 2.75) is 0 Å². The molecule has 6 heteroatoms. The first-order valence-electron chi connectivity index (χ1n) is 5.04. The number of carbonyl (C=O) groups excluding carboxylic acids is 1. The van der Waals surface area contributed by atoms with Crippen LogP contribution in [0, 0.1) is 10.1 Å². The molecule has 0 radical (unpaired) electrons. The molecule has 1 aromatic rings. The van der Waals surface area contributed by atoms with E-state index in [0.29, 0.717) is 11.8 Å². The summed E-state index contributed by atoms with van der Waals surface area (Å²) in [5.74, 6) is 0.936. The molecule has 1 rings (SSSR count). The summed E-state index contributed by atoms with van der Waals surface area (Å²) in [6.07, 6.45) is 2.65. The standard InChI is InChI=1S/C11H14N2O3S/c1-12(5-6-17-2)11-4-3-10(13(15)16)7-9(11)8-14/h3-4,7-8H,5-6H2,1-2H3. The van der Waals surface area contributed by atoms with E-state index in [4.69, 9.17) is 0 Å². The van der Waals surface area contributed by atoms with Gasteiger partial charge >= 0.3 is 0 Å². The van der Waals surface area contributed by atoms with E-state index in [1.807, 2.05) is 18.2 Å². The molecule has 0 amide bonds. The van der Waals surface area contributed by atoms with E-state index in [0.717, 1.165) is 18.0 Å². The van der Waals surface area contributed by atoms with Crippen molar-refractivity contribution in [3.05, 3.63) is 33.9 Å². The first kappa shape index (κ1) is 13.5. The minimum absolute atomic E-state index is 0.0610. The van der Waals surface area contributed by atoms with Gasteiger partial charge in [-0.25, -0.2) is 0 Å². The average molecular weight is 254 g/mol. The molecule has 0 fully saturated rings. The number of hydrogen-bond donors (Lipinski definition) is 0. The monoisotopic (exact) mass is 254 g/mol. The van der Waals surface area contributed by atoms with Gasteiger partial charge in [0.25, 0.3) is 5.69 Å². The van der Waals surface area contributed by atoms with Crippen molar-refractivity contribution in [1.29, 1.82) is 0 Å². The van der Waals surface area contributed by atoms with Crippen LogP contribution in [-0.2, 0) is 0 Å². The molecule has 1 aromatic carbocycles. The highest BCUT2D eigenvalue weighted by atomic mass is 32.2. The number of non-ortho nitro benzene ring substituents is 1. The van der Waals surface area contributed by atoms with Crippen molar-refractivity contribution in [2.24, 2.45) is 0 Å². The molecule has 17 heavy (non-hydrogen) atoms. The summed E-state index contributed by atoms with van der Waals surface area (Å²) in [4.78, 5) is 22.9. The third-order valence-corrected chi connectivity index (χ3v) is 2.98. The normalized spacial score (nSPS) is 10.0. The molecule has 0 aliphatic heterocycles. The predicted octanol–water partition coefficient (Wildman–Crippen LogP) is 2.21. The van der Waals surface area contributed by atoms with Gasteiger partial charge in [-0.2, -0.15) is 11.8 Å². The Balaban J connectivity index is 2.99. The van der Waals surface area contributed by atoms with Crippen LogP contribution in [0.15, 0.2) is 18.2 Å². The van der Waals surface area contributed by atoms with Crippen LogP contribution in [0.1, 0.15) is 10.4 Å². The Morgan fingerprint density at radius 3 is 2.76 bits per heavy atom. The molecule has 0 heterocycles. The number of rotatable bonds is 6. The summed E-state index contributed by atoms with van der Waals surface area (Å²) >= 11 is 1.71. The zero-order chi connectivity index (χ0) is 12.8. The van der Waals surface area contributed by atoms with Gasteiger partial charge in [0.1, 0.15) is 0 Å². The minimum atomic E-state index is -0.501.